The number of rotatable bonds is 5. The van der Waals surface area contributed by atoms with Crippen LogP contribution >= 0.6 is 11.6 Å². The summed E-state index contributed by atoms with van der Waals surface area (Å²) in [6, 6.07) is 6.19. The molecule has 0 fully saturated rings. The van der Waals surface area contributed by atoms with Gasteiger partial charge in [0.25, 0.3) is 0 Å². The predicted molar refractivity (Wildman–Crippen MR) is 83.1 cm³/mol. The van der Waals surface area contributed by atoms with Crippen molar-refractivity contribution in [2.45, 2.75) is 18.1 Å². The van der Waals surface area contributed by atoms with Crippen LogP contribution in [-0.4, -0.2) is 22.1 Å². The van der Waals surface area contributed by atoms with E-state index < -0.39 is 29.8 Å². The fourth-order valence-corrected chi connectivity index (χ4v) is 2.46. The number of halogens is 4. The van der Waals surface area contributed by atoms with Gasteiger partial charge in [-0.1, -0.05) is 28.8 Å². The van der Waals surface area contributed by atoms with Crippen LogP contribution in [0.25, 0.3) is 10.4 Å². The highest BCUT2D eigenvalue weighted by Gasteiger charge is 2.35. The fraction of sp³-hybridized carbons (Fsp3) is 0.200. The lowest BCUT2D eigenvalue weighted by Gasteiger charge is -2.22. The Balaban J connectivity index is 2.64. The molecule has 0 aliphatic heterocycles. The molecule has 1 aromatic carbocycles. The lowest BCUT2D eigenvalue weighted by atomic mass is 9.85. The Morgan fingerprint density at radius 1 is 1.24 bits per heavy atom. The summed E-state index contributed by atoms with van der Waals surface area (Å²) < 4.78 is 38.7. The van der Waals surface area contributed by atoms with Gasteiger partial charge >= 0.3 is 12.1 Å². The van der Waals surface area contributed by atoms with Gasteiger partial charge in [0, 0.05) is 22.0 Å². The van der Waals surface area contributed by atoms with Crippen LogP contribution < -0.4 is 0 Å². The third-order valence-electron chi connectivity index (χ3n) is 3.41. The normalized spacial score (nSPS) is 13.6. The van der Waals surface area contributed by atoms with E-state index in [2.05, 4.69) is 15.0 Å². The van der Waals surface area contributed by atoms with Crippen LogP contribution in [-0.2, 0) is 11.0 Å². The number of nitrogens with zero attached hydrogens (tertiary/aromatic N) is 4. The van der Waals surface area contributed by atoms with Crippen molar-refractivity contribution in [3.05, 3.63) is 74.9 Å². The van der Waals surface area contributed by atoms with Gasteiger partial charge in [0.2, 0.25) is 0 Å². The molecule has 0 aliphatic rings. The van der Waals surface area contributed by atoms with Crippen molar-refractivity contribution < 1.29 is 23.1 Å². The average molecular weight is 371 g/mol. The number of carbonyl (C=O) groups is 1. The van der Waals surface area contributed by atoms with E-state index in [4.69, 9.17) is 17.1 Å². The van der Waals surface area contributed by atoms with Gasteiger partial charge < -0.3 is 5.11 Å². The van der Waals surface area contributed by atoms with Gasteiger partial charge in [0.1, 0.15) is 11.7 Å². The molecule has 1 aromatic heterocycles. The largest absolute Gasteiger partial charge is 0.481 e. The molecule has 0 radical (unpaired) electrons. The van der Waals surface area contributed by atoms with Crippen molar-refractivity contribution in [1.29, 1.82) is 0 Å². The van der Waals surface area contributed by atoms with Gasteiger partial charge in [0.05, 0.1) is 0 Å². The van der Waals surface area contributed by atoms with Crippen LogP contribution in [0.2, 0.25) is 5.02 Å². The van der Waals surface area contributed by atoms with Crippen LogP contribution in [0.1, 0.15) is 22.7 Å². The van der Waals surface area contributed by atoms with Gasteiger partial charge in [0.15, 0.2) is 0 Å². The second-order valence-corrected chi connectivity index (χ2v) is 5.43. The van der Waals surface area contributed by atoms with Crippen LogP contribution in [0.15, 0.2) is 47.7 Å². The van der Waals surface area contributed by atoms with E-state index in [1.54, 1.807) is 0 Å². The van der Waals surface area contributed by atoms with E-state index >= 15 is 0 Å². The summed E-state index contributed by atoms with van der Waals surface area (Å²) in [5, 5.41) is 13.0. The minimum Gasteiger partial charge on any atom is -0.481 e. The standard InChI is InChI=1S/C15H10ClF3N4O2/c16-10-3-1-8(2-4-10)12(13(14(24)25)22-23-20)9-5-6-21-11(7-9)15(17,18)19/h1-7,12-13H,(H,24,25)/t12-,13?/m0/s1. The zero-order valence-corrected chi connectivity index (χ0v) is 13.1. The smallest absolute Gasteiger partial charge is 0.433 e. The van der Waals surface area contributed by atoms with Gasteiger partial charge in [-0.05, 0) is 40.9 Å². The second-order valence-electron chi connectivity index (χ2n) is 4.99. The van der Waals surface area contributed by atoms with Gasteiger partial charge in [-0.3, -0.25) is 9.78 Å². The van der Waals surface area contributed by atoms with Crippen molar-refractivity contribution in [2.24, 2.45) is 5.11 Å². The molecule has 1 unspecified atom stereocenters. The van der Waals surface area contributed by atoms with Crippen molar-refractivity contribution in [2.75, 3.05) is 0 Å². The lowest BCUT2D eigenvalue weighted by molar-refractivity contribution is -0.141. The predicted octanol–water partition coefficient (Wildman–Crippen LogP) is 4.65. The number of aromatic nitrogens is 1. The highest BCUT2D eigenvalue weighted by Crippen LogP contribution is 2.34. The SMILES string of the molecule is [N-]=[N+]=NC(C(=O)O)[C@@H](c1ccc(Cl)cc1)c1ccnc(C(F)(F)F)c1. The Kier molecular flexibility index (Phi) is 5.51. The van der Waals surface area contributed by atoms with Gasteiger partial charge in [-0.2, -0.15) is 13.2 Å². The summed E-state index contributed by atoms with van der Waals surface area (Å²) in [6.45, 7) is 0. The number of carboxylic acid groups (broad SMARTS) is 1. The van der Waals surface area contributed by atoms with Crippen molar-refractivity contribution in [3.8, 4) is 0 Å². The van der Waals surface area contributed by atoms with E-state index in [1.807, 2.05) is 0 Å². The van der Waals surface area contributed by atoms with Gasteiger partial charge in [-0.15, -0.1) is 0 Å². The van der Waals surface area contributed by atoms with Crippen LogP contribution in [0.4, 0.5) is 13.2 Å². The summed E-state index contributed by atoms with van der Waals surface area (Å²) in [6.07, 6.45) is -3.77. The average Bonchev–Trinajstić information content (AvgIpc) is 2.55. The number of pyridine rings is 1. The Labute approximate surface area is 144 Å². The fourth-order valence-electron chi connectivity index (χ4n) is 2.34. The molecule has 2 atom stereocenters. The maximum absolute atomic E-state index is 12.9. The molecule has 130 valence electrons. The monoisotopic (exact) mass is 370 g/mol. The molecular weight excluding hydrogens is 361 g/mol. The third-order valence-corrected chi connectivity index (χ3v) is 3.66. The molecule has 10 heteroatoms. The molecule has 0 aliphatic carbocycles. The Morgan fingerprint density at radius 3 is 2.40 bits per heavy atom. The number of aliphatic carboxylic acids is 1. The topological polar surface area (TPSA) is 99.0 Å². The molecule has 0 bridgehead atoms. The lowest BCUT2D eigenvalue weighted by Crippen LogP contribution is -2.27. The summed E-state index contributed by atoms with van der Waals surface area (Å²) >= 11 is 5.79. The minimum absolute atomic E-state index is 0.00412. The summed E-state index contributed by atoms with van der Waals surface area (Å²) in [4.78, 5) is 17.2. The van der Waals surface area contributed by atoms with Crippen molar-refractivity contribution >= 4 is 17.6 Å². The Hall–Kier alpha value is -2.77. The van der Waals surface area contributed by atoms with Crippen molar-refractivity contribution in [1.82, 2.24) is 4.98 Å². The molecular formula is C15H10ClF3N4O2. The number of carboxylic acids is 1. The van der Waals surface area contributed by atoms with E-state index in [0.717, 1.165) is 12.3 Å². The van der Waals surface area contributed by atoms with Gasteiger partial charge in [-0.25, -0.2) is 0 Å². The first-order chi connectivity index (χ1) is 11.7. The summed E-state index contributed by atoms with van der Waals surface area (Å²) in [5.41, 5.74) is 7.81. The molecule has 0 amide bonds. The maximum Gasteiger partial charge on any atom is 0.433 e. The van der Waals surface area contributed by atoms with E-state index in [-0.39, 0.29) is 5.56 Å². The third kappa shape index (κ3) is 4.40. The highest BCUT2D eigenvalue weighted by molar-refractivity contribution is 6.30. The zero-order valence-electron chi connectivity index (χ0n) is 12.4. The first-order valence-corrected chi connectivity index (χ1v) is 7.17. The van der Waals surface area contributed by atoms with Crippen LogP contribution in [0.3, 0.4) is 0 Å². The van der Waals surface area contributed by atoms with E-state index in [9.17, 15) is 23.1 Å². The molecule has 0 saturated carbocycles. The molecule has 2 rings (SSSR count). The second kappa shape index (κ2) is 7.42. The first-order valence-electron chi connectivity index (χ1n) is 6.79. The van der Waals surface area contributed by atoms with E-state index in [0.29, 0.717) is 10.6 Å². The van der Waals surface area contributed by atoms with E-state index in [1.165, 1.54) is 30.3 Å². The first kappa shape index (κ1) is 18.6. The molecule has 25 heavy (non-hydrogen) atoms. The molecule has 1 N–H and O–H groups in total. The summed E-state index contributed by atoms with van der Waals surface area (Å²) in [5.74, 6) is -2.61. The van der Waals surface area contributed by atoms with Crippen LogP contribution in [0, 0.1) is 0 Å². The van der Waals surface area contributed by atoms with Crippen LogP contribution in [0.5, 0.6) is 0 Å². The maximum atomic E-state index is 12.9. The number of alkyl halides is 3. The minimum atomic E-state index is -4.70. The Morgan fingerprint density at radius 2 is 1.88 bits per heavy atom. The number of benzene rings is 1. The zero-order chi connectivity index (χ0) is 18.6. The number of hydrogen-bond donors (Lipinski definition) is 1. The number of azide groups is 1. The Bertz CT molecular complexity index is 818. The van der Waals surface area contributed by atoms with Crippen molar-refractivity contribution in [3.63, 3.8) is 0 Å². The molecule has 0 saturated heterocycles. The molecule has 2 aromatic rings. The number of hydrogen-bond acceptors (Lipinski definition) is 3. The molecule has 1 heterocycles. The molecule has 0 spiro atoms. The quantitative estimate of drug-likeness (QED) is 0.471. The highest BCUT2D eigenvalue weighted by atomic mass is 35.5. The summed E-state index contributed by atoms with van der Waals surface area (Å²) in [7, 11) is 0. The molecule has 6 nitrogen and oxygen atoms in total.